The number of aromatic nitrogens is 2. The first-order chi connectivity index (χ1) is 12.8. The van der Waals surface area contributed by atoms with Gasteiger partial charge in [-0.05, 0) is 68.4 Å². The van der Waals surface area contributed by atoms with E-state index >= 15 is 0 Å². The van der Waals surface area contributed by atoms with Gasteiger partial charge in [0.05, 0.1) is 0 Å². The molecule has 1 atom stereocenters. The molecule has 1 N–H and O–H groups in total. The van der Waals surface area contributed by atoms with Crippen molar-refractivity contribution in [2.24, 2.45) is 5.92 Å². The van der Waals surface area contributed by atoms with Crippen LogP contribution in [0.5, 0.6) is 0 Å². The molecule has 0 saturated carbocycles. The highest BCUT2D eigenvalue weighted by Crippen LogP contribution is 2.24. The van der Waals surface area contributed by atoms with Crippen molar-refractivity contribution < 1.29 is 0 Å². The molecule has 1 unspecified atom stereocenters. The van der Waals surface area contributed by atoms with Crippen molar-refractivity contribution in [1.29, 1.82) is 0 Å². The summed E-state index contributed by atoms with van der Waals surface area (Å²) >= 11 is 0. The molecule has 2 fully saturated rings. The molecule has 1 aromatic heterocycles. The SMILES string of the molecule is CC1CCCN(c2nccc(Nc3ccc(N4CCCCC4)cc3)n2)C1. The lowest BCUT2D eigenvalue weighted by molar-refractivity contribution is 0.442. The Kier molecular flexibility index (Phi) is 5.23. The molecule has 2 aliphatic heterocycles. The Bertz CT molecular complexity index is 709. The Morgan fingerprint density at radius 2 is 1.69 bits per heavy atom. The average Bonchev–Trinajstić information content (AvgIpc) is 2.69. The van der Waals surface area contributed by atoms with Crippen molar-refractivity contribution in [3.05, 3.63) is 36.5 Å². The van der Waals surface area contributed by atoms with Crippen LogP contribution in [0.25, 0.3) is 0 Å². The fourth-order valence-corrected chi connectivity index (χ4v) is 4.00. The Hall–Kier alpha value is -2.30. The highest BCUT2D eigenvalue weighted by atomic mass is 15.3. The highest BCUT2D eigenvalue weighted by Gasteiger charge is 2.18. The Labute approximate surface area is 156 Å². The van der Waals surface area contributed by atoms with E-state index in [1.54, 1.807) is 0 Å². The molecule has 2 saturated heterocycles. The summed E-state index contributed by atoms with van der Waals surface area (Å²) in [5.41, 5.74) is 2.39. The third-order valence-corrected chi connectivity index (χ3v) is 5.44. The summed E-state index contributed by atoms with van der Waals surface area (Å²) in [5, 5.41) is 3.43. The number of hydrogen-bond acceptors (Lipinski definition) is 5. The lowest BCUT2D eigenvalue weighted by Gasteiger charge is -2.31. The fraction of sp³-hybridized carbons (Fsp3) is 0.524. The minimum atomic E-state index is 0.714. The van der Waals surface area contributed by atoms with E-state index in [-0.39, 0.29) is 0 Å². The molecular formula is C21H29N5. The molecule has 0 amide bonds. The second kappa shape index (κ2) is 7.94. The quantitative estimate of drug-likeness (QED) is 0.882. The number of benzene rings is 1. The average molecular weight is 351 g/mol. The third-order valence-electron chi connectivity index (χ3n) is 5.44. The van der Waals surface area contributed by atoms with E-state index < -0.39 is 0 Å². The zero-order chi connectivity index (χ0) is 17.8. The van der Waals surface area contributed by atoms with E-state index in [9.17, 15) is 0 Å². The fourth-order valence-electron chi connectivity index (χ4n) is 4.00. The molecule has 0 spiro atoms. The van der Waals surface area contributed by atoms with Crippen LogP contribution in [0.15, 0.2) is 36.5 Å². The molecule has 3 heterocycles. The molecule has 1 aromatic carbocycles. The van der Waals surface area contributed by atoms with Crippen molar-refractivity contribution in [2.75, 3.05) is 41.3 Å². The van der Waals surface area contributed by atoms with Gasteiger partial charge in [-0.1, -0.05) is 6.92 Å². The van der Waals surface area contributed by atoms with Crippen LogP contribution in [0, 0.1) is 5.92 Å². The Morgan fingerprint density at radius 3 is 2.46 bits per heavy atom. The lowest BCUT2D eigenvalue weighted by Crippen LogP contribution is -2.35. The molecular weight excluding hydrogens is 322 g/mol. The van der Waals surface area contributed by atoms with Gasteiger partial charge in [0, 0.05) is 43.8 Å². The topological polar surface area (TPSA) is 44.3 Å². The summed E-state index contributed by atoms with van der Waals surface area (Å²) in [4.78, 5) is 14.0. The first-order valence-corrected chi connectivity index (χ1v) is 9.98. The maximum Gasteiger partial charge on any atom is 0.227 e. The van der Waals surface area contributed by atoms with Crippen LogP contribution in [0.2, 0.25) is 0 Å². The Morgan fingerprint density at radius 1 is 0.923 bits per heavy atom. The smallest absolute Gasteiger partial charge is 0.227 e. The maximum atomic E-state index is 4.73. The lowest BCUT2D eigenvalue weighted by atomic mass is 10.0. The van der Waals surface area contributed by atoms with Crippen LogP contribution >= 0.6 is 0 Å². The molecule has 0 bridgehead atoms. The van der Waals surface area contributed by atoms with Gasteiger partial charge in [0.2, 0.25) is 5.95 Å². The molecule has 4 rings (SSSR count). The summed E-state index contributed by atoms with van der Waals surface area (Å²) < 4.78 is 0. The number of anilines is 4. The van der Waals surface area contributed by atoms with Gasteiger partial charge < -0.3 is 15.1 Å². The number of piperidine rings is 2. The number of nitrogens with one attached hydrogen (secondary N) is 1. The molecule has 0 radical (unpaired) electrons. The predicted octanol–water partition coefficient (Wildman–Crippen LogP) is 4.45. The second-order valence-corrected chi connectivity index (χ2v) is 7.65. The molecule has 5 heteroatoms. The van der Waals surface area contributed by atoms with Crippen LogP contribution in [-0.4, -0.2) is 36.1 Å². The van der Waals surface area contributed by atoms with Crippen molar-refractivity contribution in [2.45, 2.75) is 39.0 Å². The maximum absolute atomic E-state index is 4.73. The highest BCUT2D eigenvalue weighted by molar-refractivity contribution is 5.61. The van der Waals surface area contributed by atoms with Crippen molar-refractivity contribution in [3.63, 3.8) is 0 Å². The predicted molar refractivity (Wildman–Crippen MR) is 108 cm³/mol. The first-order valence-electron chi connectivity index (χ1n) is 9.98. The van der Waals surface area contributed by atoms with Gasteiger partial charge in [0.25, 0.3) is 0 Å². The molecule has 2 aromatic rings. The van der Waals surface area contributed by atoms with Crippen LogP contribution < -0.4 is 15.1 Å². The number of hydrogen-bond donors (Lipinski definition) is 1. The van der Waals surface area contributed by atoms with Gasteiger partial charge in [0.1, 0.15) is 5.82 Å². The van der Waals surface area contributed by atoms with Crippen molar-refractivity contribution in [1.82, 2.24) is 9.97 Å². The van der Waals surface area contributed by atoms with Gasteiger partial charge >= 0.3 is 0 Å². The molecule has 2 aliphatic rings. The summed E-state index contributed by atoms with van der Waals surface area (Å²) in [5.74, 6) is 2.41. The monoisotopic (exact) mass is 351 g/mol. The summed E-state index contributed by atoms with van der Waals surface area (Å²) in [6.45, 7) is 6.76. The molecule has 5 nitrogen and oxygen atoms in total. The van der Waals surface area contributed by atoms with Crippen molar-refractivity contribution in [3.8, 4) is 0 Å². The van der Waals surface area contributed by atoms with Crippen LogP contribution in [0.3, 0.4) is 0 Å². The Balaban J connectivity index is 1.43. The van der Waals surface area contributed by atoms with Gasteiger partial charge in [-0.25, -0.2) is 4.98 Å². The standard InChI is InChI=1S/C21H29N5/c1-17-6-5-15-26(16-17)21-22-12-11-20(24-21)23-18-7-9-19(10-8-18)25-13-3-2-4-14-25/h7-12,17H,2-6,13-16H2,1H3,(H,22,23,24). The molecule has 0 aliphatic carbocycles. The van der Waals surface area contributed by atoms with Gasteiger partial charge in [-0.2, -0.15) is 4.98 Å². The number of nitrogens with zero attached hydrogens (tertiary/aromatic N) is 4. The summed E-state index contributed by atoms with van der Waals surface area (Å²) in [7, 11) is 0. The summed E-state index contributed by atoms with van der Waals surface area (Å²) in [6, 6.07) is 10.7. The summed E-state index contributed by atoms with van der Waals surface area (Å²) in [6.07, 6.45) is 8.35. The van der Waals surface area contributed by atoms with E-state index in [2.05, 4.69) is 51.3 Å². The molecule has 138 valence electrons. The van der Waals surface area contributed by atoms with Crippen LogP contribution in [0.1, 0.15) is 39.0 Å². The largest absolute Gasteiger partial charge is 0.372 e. The van der Waals surface area contributed by atoms with E-state index in [0.717, 1.165) is 30.5 Å². The van der Waals surface area contributed by atoms with E-state index in [1.165, 1.54) is 50.9 Å². The zero-order valence-electron chi connectivity index (χ0n) is 15.7. The van der Waals surface area contributed by atoms with E-state index in [4.69, 9.17) is 4.98 Å². The van der Waals surface area contributed by atoms with Crippen LogP contribution in [0.4, 0.5) is 23.1 Å². The van der Waals surface area contributed by atoms with Gasteiger partial charge in [-0.3, -0.25) is 0 Å². The third kappa shape index (κ3) is 4.09. The minimum Gasteiger partial charge on any atom is -0.372 e. The zero-order valence-corrected chi connectivity index (χ0v) is 15.7. The number of rotatable bonds is 4. The van der Waals surface area contributed by atoms with Gasteiger partial charge in [-0.15, -0.1) is 0 Å². The van der Waals surface area contributed by atoms with E-state index in [0.29, 0.717) is 5.92 Å². The van der Waals surface area contributed by atoms with Crippen LogP contribution in [-0.2, 0) is 0 Å². The van der Waals surface area contributed by atoms with Gasteiger partial charge in [0.15, 0.2) is 0 Å². The minimum absolute atomic E-state index is 0.714. The van der Waals surface area contributed by atoms with Crippen molar-refractivity contribution >= 4 is 23.1 Å². The second-order valence-electron chi connectivity index (χ2n) is 7.65. The van der Waals surface area contributed by atoms with E-state index in [1.807, 2.05) is 12.3 Å². The first kappa shape index (κ1) is 17.1. The normalized spacial score (nSPS) is 20.9. The molecule has 26 heavy (non-hydrogen) atoms.